The van der Waals surface area contributed by atoms with Crippen LogP contribution in [0.1, 0.15) is 25.7 Å². The Labute approximate surface area is 160 Å². The fourth-order valence-corrected chi connectivity index (χ4v) is 3.46. The fraction of sp³-hybridized carbons (Fsp3) is 0.381. The van der Waals surface area contributed by atoms with E-state index < -0.39 is 0 Å². The first-order valence-electron chi connectivity index (χ1n) is 9.64. The first-order valence-corrected chi connectivity index (χ1v) is 9.64. The highest BCUT2D eigenvalue weighted by molar-refractivity contribution is 5.59. The molecule has 0 amide bonds. The Bertz CT molecular complexity index is 879. The summed E-state index contributed by atoms with van der Waals surface area (Å²) in [5, 5.41) is 0. The predicted molar refractivity (Wildman–Crippen MR) is 110 cm³/mol. The van der Waals surface area contributed by atoms with Crippen molar-refractivity contribution in [2.24, 2.45) is 0 Å². The van der Waals surface area contributed by atoms with Gasteiger partial charge in [-0.15, -0.1) is 0 Å². The maximum atomic E-state index is 4.87. The van der Waals surface area contributed by atoms with E-state index in [1.807, 2.05) is 43.3 Å². The number of rotatable bonds is 4. The largest absolute Gasteiger partial charge is 0.347 e. The highest BCUT2D eigenvalue weighted by atomic mass is 15.3. The lowest BCUT2D eigenvalue weighted by molar-refractivity contribution is 0.726. The van der Waals surface area contributed by atoms with E-state index in [2.05, 4.69) is 33.9 Å². The maximum absolute atomic E-state index is 4.87. The molecule has 140 valence electrons. The molecule has 0 unspecified atom stereocenters. The van der Waals surface area contributed by atoms with E-state index in [0.29, 0.717) is 11.8 Å². The van der Waals surface area contributed by atoms with Crippen LogP contribution in [-0.2, 0) is 0 Å². The molecule has 0 N–H and O–H groups in total. The van der Waals surface area contributed by atoms with Gasteiger partial charge in [-0.25, -0.2) is 0 Å². The van der Waals surface area contributed by atoms with Crippen molar-refractivity contribution in [2.45, 2.75) is 25.7 Å². The van der Waals surface area contributed by atoms with Crippen LogP contribution in [0.4, 0.5) is 11.9 Å². The SMILES string of the molecule is CN(C)c1nc(-c2cccn2-c2ccccc2)nc(N2CCCCCC2)n1. The molecule has 0 saturated carbocycles. The van der Waals surface area contributed by atoms with E-state index in [0.717, 1.165) is 30.4 Å². The zero-order valence-corrected chi connectivity index (χ0v) is 16.0. The van der Waals surface area contributed by atoms with E-state index in [1.54, 1.807) is 0 Å². The van der Waals surface area contributed by atoms with Crippen LogP contribution < -0.4 is 9.80 Å². The minimum absolute atomic E-state index is 0.694. The number of nitrogens with zero attached hydrogens (tertiary/aromatic N) is 6. The van der Waals surface area contributed by atoms with Gasteiger partial charge in [-0.05, 0) is 37.1 Å². The molecule has 0 aliphatic carbocycles. The van der Waals surface area contributed by atoms with Gasteiger partial charge >= 0.3 is 0 Å². The normalized spacial score (nSPS) is 14.8. The van der Waals surface area contributed by atoms with Crippen molar-refractivity contribution in [2.75, 3.05) is 37.0 Å². The minimum atomic E-state index is 0.694. The van der Waals surface area contributed by atoms with Crippen LogP contribution in [0.3, 0.4) is 0 Å². The minimum Gasteiger partial charge on any atom is -0.347 e. The van der Waals surface area contributed by atoms with Gasteiger partial charge in [0.2, 0.25) is 11.9 Å². The number of hydrogen-bond donors (Lipinski definition) is 0. The molecule has 0 radical (unpaired) electrons. The van der Waals surface area contributed by atoms with E-state index in [9.17, 15) is 0 Å². The second kappa shape index (κ2) is 7.78. The van der Waals surface area contributed by atoms with Crippen LogP contribution in [-0.4, -0.2) is 46.7 Å². The van der Waals surface area contributed by atoms with E-state index in [4.69, 9.17) is 15.0 Å². The molecular weight excluding hydrogens is 336 g/mol. The maximum Gasteiger partial charge on any atom is 0.230 e. The van der Waals surface area contributed by atoms with Crippen LogP contribution in [0.5, 0.6) is 0 Å². The molecule has 6 nitrogen and oxygen atoms in total. The van der Waals surface area contributed by atoms with Gasteiger partial charge < -0.3 is 14.4 Å². The van der Waals surface area contributed by atoms with Crippen LogP contribution in [0.25, 0.3) is 17.2 Å². The molecule has 3 aromatic rings. The standard InChI is InChI=1S/C21H26N6/c1-25(2)20-22-19(23-21(24-20)26-14-8-3-4-9-15-26)18-13-10-16-27(18)17-11-6-5-7-12-17/h5-7,10-13,16H,3-4,8-9,14-15H2,1-2H3. The number of benzene rings is 1. The first-order chi connectivity index (χ1) is 13.2. The summed E-state index contributed by atoms with van der Waals surface area (Å²) in [6, 6.07) is 14.4. The van der Waals surface area contributed by atoms with Gasteiger partial charge in [0.05, 0.1) is 5.69 Å². The van der Waals surface area contributed by atoms with Crippen molar-refractivity contribution in [1.82, 2.24) is 19.5 Å². The third-order valence-corrected chi connectivity index (χ3v) is 4.91. The Hall–Kier alpha value is -2.89. The van der Waals surface area contributed by atoms with Gasteiger partial charge in [0, 0.05) is 39.1 Å². The Kier molecular flexibility index (Phi) is 5.05. The number of hydrogen-bond acceptors (Lipinski definition) is 5. The Morgan fingerprint density at radius 3 is 2.26 bits per heavy atom. The second-order valence-corrected chi connectivity index (χ2v) is 7.15. The molecule has 1 aliphatic heterocycles. The lowest BCUT2D eigenvalue weighted by atomic mass is 10.2. The molecule has 2 aromatic heterocycles. The van der Waals surface area contributed by atoms with Crippen LogP contribution in [0.2, 0.25) is 0 Å². The third-order valence-electron chi connectivity index (χ3n) is 4.91. The number of anilines is 2. The average molecular weight is 362 g/mol. The van der Waals surface area contributed by atoms with Crippen molar-refractivity contribution in [3.63, 3.8) is 0 Å². The molecule has 1 saturated heterocycles. The summed E-state index contributed by atoms with van der Waals surface area (Å²) in [5.74, 6) is 2.19. The van der Waals surface area contributed by atoms with Gasteiger partial charge in [0.1, 0.15) is 0 Å². The molecular formula is C21H26N6. The van der Waals surface area contributed by atoms with Crippen LogP contribution in [0.15, 0.2) is 48.7 Å². The van der Waals surface area contributed by atoms with E-state index in [-0.39, 0.29) is 0 Å². The number of para-hydroxylation sites is 1. The molecule has 6 heteroatoms. The highest BCUT2D eigenvalue weighted by Gasteiger charge is 2.18. The van der Waals surface area contributed by atoms with Crippen molar-refractivity contribution in [3.8, 4) is 17.2 Å². The quantitative estimate of drug-likeness (QED) is 0.707. The monoisotopic (exact) mass is 362 g/mol. The van der Waals surface area contributed by atoms with E-state index in [1.165, 1.54) is 25.7 Å². The lowest BCUT2D eigenvalue weighted by Gasteiger charge is -2.22. The van der Waals surface area contributed by atoms with Crippen molar-refractivity contribution < 1.29 is 0 Å². The zero-order valence-electron chi connectivity index (χ0n) is 16.0. The summed E-state index contributed by atoms with van der Waals surface area (Å²) >= 11 is 0. The Morgan fingerprint density at radius 2 is 1.56 bits per heavy atom. The molecule has 0 spiro atoms. The smallest absolute Gasteiger partial charge is 0.230 e. The van der Waals surface area contributed by atoms with Gasteiger partial charge in [-0.2, -0.15) is 15.0 Å². The van der Waals surface area contributed by atoms with E-state index >= 15 is 0 Å². The summed E-state index contributed by atoms with van der Waals surface area (Å²) < 4.78 is 2.13. The van der Waals surface area contributed by atoms with Crippen LogP contribution in [0, 0.1) is 0 Å². The van der Waals surface area contributed by atoms with Crippen molar-refractivity contribution in [1.29, 1.82) is 0 Å². The summed E-state index contributed by atoms with van der Waals surface area (Å²) in [6.07, 6.45) is 7.00. The molecule has 3 heterocycles. The molecule has 1 aliphatic rings. The van der Waals surface area contributed by atoms with Gasteiger partial charge in [0.25, 0.3) is 0 Å². The molecule has 27 heavy (non-hydrogen) atoms. The number of aromatic nitrogens is 4. The molecule has 4 rings (SSSR count). The Balaban J connectivity index is 1.78. The fourth-order valence-electron chi connectivity index (χ4n) is 3.46. The van der Waals surface area contributed by atoms with Crippen LogP contribution >= 0.6 is 0 Å². The van der Waals surface area contributed by atoms with Crippen molar-refractivity contribution in [3.05, 3.63) is 48.7 Å². The lowest BCUT2D eigenvalue weighted by Crippen LogP contribution is -2.27. The first kappa shape index (κ1) is 17.5. The van der Waals surface area contributed by atoms with Gasteiger partial charge in [0.15, 0.2) is 5.82 Å². The molecule has 1 fully saturated rings. The topological polar surface area (TPSA) is 50.1 Å². The molecule has 1 aromatic carbocycles. The summed E-state index contributed by atoms with van der Waals surface area (Å²) in [5.41, 5.74) is 2.07. The summed E-state index contributed by atoms with van der Waals surface area (Å²) in [6.45, 7) is 2.02. The average Bonchev–Trinajstić information content (AvgIpc) is 3.03. The van der Waals surface area contributed by atoms with Crippen molar-refractivity contribution >= 4 is 11.9 Å². The van der Waals surface area contributed by atoms with Gasteiger partial charge in [-0.1, -0.05) is 31.0 Å². The summed E-state index contributed by atoms with van der Waals surface area (Å²) in [7, 11) is 3.95. The summed E-state index contributed by atoms with van der Waals surface area (Å²) in [4.78, 5) is 18.6. The molecule has 0 atom stereocenters. The zero-order chi connectivity index (χ0) is 18.6. The highest BCUT2D eigenvalue weighted by Crippen LogP contribution is 2.25. The third kappa shape index (κ3) is 3.79. The molecule has 0 bridgehead atoms. The Morgan fingerprint density at radius 1 is 0.815 bits per heavy atom. The predicted octanol–water partition coefficient (Wildman–Crippen LogP) is 3.78. The second-order valence-electron chi connectivity index (χ2n) is 7.15. The van der Waals surface area contributed by atoms with Gasteiger partial charge in [-0.3, -0.25) is 0 Å².